The highest BCUT2D eigenvalue weighted by molar-refractivity contribution is 5.69. The van der Waals surface area contributed by atoms with E-state index >= 15 is 0 Å². The predicted molar refractivity (Wildman–Crippen MR) is 60.9 cm³/mol. The molecule has 0 spiro atoms. The Kier molecular flexibility index (Phi) is 3.75. The minimum Gasteiger partial charge on any atom is -0.490 e. The summed E-state index contributed by atoms with van der Waals surface area (Å²) in [6.45, 7) is 0.524. The Hall–Kier alpha value is -2.30. The van der Waals surface area contributed by atoms with Crippen LogP contribution in [0.25, 0.3) is 0 Å². The Morgan fingerprint density at radius 2 is 2.06 bits per heavy atom. The van der Waals surface area contributed by atoms with Crippen LogP contribution < -0.4 is 4.74 Å². The van der Waals surface area contributed by atoms with Crippen molar-refractivity contribution >= 4 is 6.09 Å². The Labute approximate surface area is 98.6 Å². The van der Waals surface area contributed by atoms with Gasteiger partial charge in [0.2, 0.25) is 0 Å². The fourth-order valence-electron chi connectivity index (χ4n) is 1.25. The molecule has 0 aliphatic rings. The molecule has 1 heterocycles. The maximum Gasteiger partial charge on any atom is 0.419 e. The van der Waals surface area contributed by atoms with Crippen molar-refractivity contribution in [2.24, 2.45) is 0 Å². The van der Waals surface area contributed by atoms with Gasteiger partial charge in [-0.25, -0.2) is 14.3 Å². The minimum atomic E-state index is -0.459. The summed E-state index contributed by atoms with van der Waals surface area (Å²) in [7, 11) is 0. The van der Waals surface area contributed by atoms with Crippen molar-refractivity contribution in [3.63, 3.8) is 0 Å². The third kappa shape index (κ3) is 3.34. The van der Waals surface area contributed by atoms with E-state index in [-0.39, 0.29) is 6.61 Å². The summed E-state index contributed by atoms with van der Waals surface area (Å²) in [5, 5.41) is 0. The fraction of sp³-hybridized carbons (Fsp3) is 0.167. The molecule has 0 amide bonds. The van der Waals surface area contributed by atoms with Crippen molar-refractivity contribution < 1.29 is 14.3 Å². The second-order valence-electron chi connectivity index (χ2n) is 3.25. The number of hydrogen-bond acceptors (Lipinski definition) is 4. The number of imidazole rings is 1. The summed E-state index contributed by atoms with van der Waals surface area (Å²) in [5.41, 5.74) is 0. The van der Waals surface area contributed by atoms with E-state index in [0.29, 0.717) is 6.61 Å². The number of hydrogen-bond donors (Lipinski definition) is 0. The van der Waals surface area contributed by atoms with E-state index in [1.807, 2.05) is 30.3 Å². The molecule has 0 N–H and O–H groups in total. The third-order valence-corrected chi connectivity index (χ3v) is 2.04. The van der Waals surface area contributed by atoms with Crippen molar-refractivity contribution in [3.8, 4) is 5.75 Å². The first-order valence-corrected chi connectivity index (χ1v) is 5.19. The lowest BCUT2D eigenvalue weighted by Gasteiger charge is -2.06. The van der Waals surface area contributed by atoms with Crippen LogP contribution in [0.1, 0.15) is 0 Å². The van der Waals surface area contributed by atoms with Gasteiger partial charge in [-0.2, -0.15) is 0 Å². The van der Waals surface area contributed by atoms with Gasteiger partial charge in [-0.1, -0.05) is 18.2 Å². The van der Waals surface area contributed by atoms with E-state index in [0.717, 1.165) is 5.75 Å². The Balaban J connectivity index is 1.69. The second-order valence-corrected chi connectivity index (χ2v) is 3.25. The van der Waals surface area contributed by atoms with Crippen LogP contribution in [-0.4, -0.2) is 28.9 Å². The summed E-state index contributed by atoms with van der Waals surface area (Å²) < 4.78 is 11.6. The number of aromatic nitrogens is 2. The molecule has 1 aromatic carbocycles. The van der Waals surface area contributed by atoms with Gasteiger partial charge in [-0.3, -0.25) is 0 Å². The van der Waals surface area contributed by atoms with E-state index in [9.17, 15) is 4.79 Å². The highest BCUT2D eigenvalue weighted by Gasteiger charge is 2.03. The minimum absolute atomic E-state index is 0.200. The summed E-state index contributed by atoms with van der Waals surface area (Å²) in [4.78, 5) is 15.1. The van der Waals surface area contributed by atoms with Crippen molar-refractivity contribution in [2.45, 2.75) is 0 Å². The second kappa shape index (κ2) is 5.69. The van der Waals surface area contributed by atoms with Crippen molar-refractivity contribution in [3.05, 3.63) is 49.1 Å². The molecule has 5 nitrogen and oxygen atoms in total. The lowest BCUT2D eigenvalue weighted by Crippen LogP contribution is -2.16. The van der Waals surface area contributed by atoms with Gasteiger partial charge in [-0.05, 0) is 12.1 Å². The first-order valence-electron chi connectivity index (χ1n) is 5.19. The standard InChI is InChI=1S/C12H12N2O3/c15-12(14-7-6-13-10-14)17-9-8-16-11-4-2-1-3-5-11/h1-7,10H,8-9H2. The number of carbonyl (C=O) groups is 1. The van der Waals surface area contributed by atoms with Crippen LogP contribution in [-0.2, 0) is 4.74 Å². The molecule has 0 saturated carbocycles. The molecule has 0 bridgehead atoms. The lowest BCUT2D eigenvalue weighted by molar-refractivity contribution is 0.126. The quantitative estimate of drug-likeness (QED) is 0.756. The first kappa shape index (κ1) is 11.2. The molecule has 17 heavy (non-hydrogen) atoms. The topological polar surface area (TPSA) is 53.4 Å². The van der Waals surface area contributed by atoms with Gasteiger partial charge in [0.15, 0.2) is 0 Å². The number of ether oxygens (including phenoxy) is 2. The van der Waals surface area contributed by atoms with Crippen LogP contribution in [0.15, 0.2) is 49.1 Å². The van der Waals surface area contributed by atoms with Gasteiger partial charge in [0.1, 0.15) is 25.3 Å². The van der Waals surface area contributed by atoms with Crippen LogP contribution in [0, 0.1) is 0 Å². The molecule has 0 atom stereocenters. The van der Waals surface area contributed by atoms with E-state index in [1.54, 1.807) is 0 Å². The zero-order valence-electron chi connectivity index (χ0n) is 9.15. The zero-order valence-corrected chi connectivity index (χ0v) is 9.15. The molecular formula is C12H12N2O3. The fourth-order valence-corrected chi connectivity index (χ4v) is 1.25. The molecule has 0 aliphatic heterocycles. The number of benzene rings is 1. The maximum absolute atomic E-state index is 11.4. The van der Waals surface area contributed by atoms with Gasteiger partial charge < -0.3 is 9.47 Å². The molecule has 0 unspecified atom stereocenters. The van der Waals surface area contributed by atoms with Crippen LogP contribution in [0.3, 0.4) is 0 Å². The number of nitrogens with zero attached hydrogens (tertiary/aromatic N) is 2. The average molecular weight is 232 g/mol. The molecule has 2 aromatic rings. The monoisotopic (exact) mass is 232 g/mol. The number of rotatable bonds is 4. The van der Waals surface area contributed by atoms with Crippen LogP contribution in [0.4, 0.5) is 4.79 Å². The Morgan fingerprint density at radius 3 is 2.76 bits per heavy atom. The predicted octanol–water partition coefficient (Wildman–Crippen LogP) is 1.95. The molecule has 0 saturated heterocycles. The normalized spacial score (nSPS) is 9.88. The Morgan fingerprint density at radius 1 is 1.24 bits per heavy atom. The van der Waals surface area contributed by atoms with E-state index in [2.05, 4.69) is 4.98 Å². The van der Waals surface area contributed by atoms with Crippen LogP contribution >= 0.6 is 0 Å². The van der Waals surface area contributed by atoms with Crippen molar-refractivity contribution in [1.82, 2.24) is 9.55 Å². The van der Waals surface area contributed by atoms with E-state index in [4.69, 9.17) is 9.47 Å². The van der Waals surface area contributed by atoms with Crippen molar-refractivity contribution in [1.29, 1.82) is 0 Å². The molecule has 5 heteroatoms. The van der Waals surface area contributed by atoms with E-state index in [1.165, 1.54) is 23.3 Å². The lowest BCUT2D eigenvalue weighted by atomic mass is 10.3. The van der Waals surface area contributed by atoms with Crippen LogP contribution in [0.5, 0.6) is 5.75 Å². The molecule has 0 radical (unpaired) electrons. The SMILES string of the molecule is O=C(OCCOc1ccccc1)n1ccnc1. The molecule has 88 valence electrons. The largest absolute Gasteiger partial charge is 0.490 e. The van der Waals surface area contributed by atoms with Gasteiger partial charge in [0.05, 0.1) is 0 Å². The molecule has 0 fully saturated rings. The maximum atomic E-state index is 11.4. The van der Waals surface area contributed by atoms with Crippen molar-refractivity contribution in [2.75, 3.05) is 13.2 Å². The third-order valence-electron chi connectivity index (χ3n) is 2.04. The molecular weight excluding hydrogens is 220 g/mol. The highest BCUT2D eigenvalue weighted by Crippen LogP contribution is 2.07. The van der Waals surface area contributed by atoms with Gasteiger partial charge in [-0.15, -0.1) is 0 Å². The van der Waals surface area contributed by atoms with Gasteiger partial charge >= 0.3 is 6.09 Å². The molecule has 0 aliphatic carbocycles. The van der Waals surface area contributed by atoms with E-state index < -0.39 is 6.09 Å². The smallest absolute Gasteiger partial charge is 0.419 e. The highest BCUT2D eigenvalue weighted by atomic mass is 16.6. The summed E-state index contributed by atoms with van der Waals surface area (Å²) in [6, 6.07) is 9.36. The zero-order chi connectivity index (χ0) is 11.9. The summed E-state index contributed by atoms with van der Waals surface area (Å²) >= 11 is 0. The summed E-state index contributed by atoms with van der Waals surface area (Å²) in [5.74, 6) is 0.756. The number of carbonyl (C=O) groups excluding carboxylic acids is 1. The first-order chi connectivity index (χ1) is 8.36. The number of para-hydroxylation sites is 1. The average Bonchev–Trinajstić information content (AvgIpc) is 2.89. The van der Waals surface area contributed by atoms with Gasteiger partial charge in [0, 0.05) is 12.4 Å². The van der Waals surface area contributed by atoms with Crippen LogP contribution in [0.2, 0.25) is 0 Å². The molecule has 1 aromatic heterocycles. The molecule has 2 rings (SSSR count). The van der Waals surface area contributed by atoms with Gasteiger partial charge in [0.25, 0.3) is 0 Å². The summed E-state index contributed by atoms with van der Waals surface area (Å²) in [6.07, 6.45) is 3.97. The Bertz CT molecular complexity index is 454.